The molecular formula is C8H16N2O2S. The summed E-state index contributed by atoms with van der Waals surface area (Å²) in [5.41, 5.74) is 0. The molecule has 0 spiro atoms. The number of amides is 2. The summed E-state index contributed by atoms with van der Waals surface area (Å²) in [6.45, 7) is 4.08. The van der Waals surface area contributed by atoms with Gasteiger partial charge in [-0.15, -0.1) is 0 Å². The van der Waals surface area contributed by atoms with E-state index in [1.807, 2.05) is 6.92 Å². The third-order valence-corrected chi connectivity index (χ3v) is 3.36. The van der Waals surface area contributed by atoms with Gasteiger partial charge in [0.15, 0.2) is 0 Å². The number of nitrogens with zero attached hydrogens (tertiary/aromatic N) is 1. The van der Waals surface area contributed by atoms with Gasteiger partial charge < -0.3 is 10.2 Å². The van der Waals surface area contributed by atoms with Gasteiger partial charge in [0, 0.05) is 41.9 Å². The summed E-state index contributed by atoms with van der Waals surface area (Å²) in [5, 5.41) is 2.76. The Kier molecular flexibility index (Phi) is 4.21. The van der Waals surface area contributed by atoms with Gasteiger partial charge in [-0.2, -0.15) is 0 Å². The van der Waals surface area contributed by atoms with E-state index in [4.69, 9.17) is 0 Å². The first kappa shape index (κ1) is 10.5. The predicted octanol–water partition coefficient (Wildman–Crippen LogP) is 0.170. The van der Waals surface area contributed by atoms with E-state index in [0.29, 0.717) is 18.1 Å². The molecule has 0 bridgehead atoms. The minimum Gasteiger partial charge on any atom is -0.338 e. The minimum atomic E-state index is -0.765. The summed E-state index contributed by atoms with van der Waals surface area (Å²) in [7, 11) is -0.765. The summed E-state index contributed by atoms with van der Waals surface area (Å²) >= 11 is 0. The van der Waals surface area contributed by atoms with Gasteiger partial charge in [0.05, 0.1) is 0 Å². The first-order chi connectivity index (χ1) is 6.24. The highest BCUT2D eigenvalue weighted by molar-refractivity contribution is 7.84. The van der Waals surface area contributed by atoms with Gasteiger partial charge in [0.2, 0.25) is 0 Å². The molecule has 1 saturated heterocycles. The lowest BCUT2D eigenvalue weighted by Gasteiger charge is -2.27. The van der Waals surface area contributed by atoms with Crippen molar-refractivity contribution in [3.05, 3.63) is 0 Å². The predicted molar refractivity (Wildman–Crippen MR) is 53.1 cm³/mol. The fourth-order valence-corrected chi connectivity index (χ4v) is 1.96. The molecule has 5 heteroatoms. The maximum atomic E-state index is 11.2. The van der Waals surface area contributed by atoms with Crippen molar-refractivity contribution < 1.29 is 9.00 Å². The van der Waals surface area contributed by atoms with E-state index in [2.05, 4.69) is 5.32 Å². The highest BCUT2D eigenvalue weighted by Crippen LogP contribution is 1.98. The normalized spacial score (nSPS) is 19.8. The van der Waals surface area contributed by atoms with Crippen LogP contribution in [-0.2, 0) is 10.8 Å². The number of carbonyl (C=O) groups excluding carboxylic acids is 1. The van der Waals surface area contributed by atoms with Crippen LogP contribution in [0.2, 0.25) is 0 Å². The maximum absolute atomic E-state index is 11.2. The summed E-state index contributed by atoms with van der Waals surface area (Å²) in [4.78, 5) is 12.9. The van der Waals surface area contributed by atoms with Crippen LogP contribution in [0.4, 0.5) is 4.79 Å². The van der Waals surface area contributed by atoms with E-state index in [1.165, 1.54) is 0 Å². The Morgan fingerprint density at radius 2 is 2.38 bits per heavy atom. The fourth-order valence-electron chi connectivity index (χ4n) is 1.25. The lowest BCUT2D eigenvalue weighted by molar-refractivity contribution is 0.190. The van der Waals surface area contributed by atoms with Crippen LogP contribution in [0.5, 0.6) is 0 Å². The molecule has 1 fully saturated rings. The van der Waals surface area contributed by atoms with Gasteiger partial charge in [-0.1, -0.05) is 6.92 Å². The summed E-state index contributed by atoms with van der Waals surface area (Å²) in [5.74, 6) is 1.28. The van der Waals surface area contributed by atoms with Crippen molar-refractivity contribution >= 4 is 16.8 Å². The molecule has 1 rings (SSSR count). The Hall–Kier alpha value is -0.580. The molecule has 2 amide bonds. The smallest absolute Gasteiger partial charge is 0.317 e. The molecule has 0 aromatic rings. The van der Waals surface area contributed by atoms with Crippen molar-refractivity contribution in [1.29, 1.82) is 0 Å². The highest BCUT2D eigenvalue weighted by atomic mass is 32.2. The molecule has 0 radical (unpaired) electrons. The zero-order chi connectivity index (χ0) is 9.68. The van der Waals surface area contributed by atoms with Crippen LogP contribution >= 0.6 is 0 Å². The van der Waals surface area contributed by atoms with Crippen molar-refractivity contribution in [2.45, 2.75) is 13.3 Å². The number of urea groups is 1. The molecule has 4 nitrogen and oxygen atoms in total. The van der Waals surface area contributed by atoms with Gasteiger partial charge >= 0.3 is 6.03 Å². The van der Waals surface area contributed by atoms with E-state index in [9.17, 15) is 9.00 Å². The van der Waals surface area contributed by atoms with E-state index >= 15 is 0 Å². The largest absolute Gasteiger partial charge is 0.338 e. The minimum absolute atomic E-state index is 0.0145. The second-order valence-electron chi connectivity index (χ2n) is 3.01. The quantitative estimate of drug-likeness (QED) is 0.709. The van der Waals surface area contributed by atoms with Crippen molar-refractivity contribution in [1.82, 2.24) is 10.2 Å². The SMILES string of the molecule is CCS(=O)CCN1CCCNC1=O. The molecule has 13 heavy (non-hydrogen) atoms. The molecule has 1 aliphatic rings. The van der Waals surface area contributed by atoms with Crippen LogP contribution in [0.3, 0.4) is 0 Å². The third kappa shape index (κ3) is 3.34. The summed E-state index contributed by atoms with van der Waals surface area (Å²) in [6.07, 6.45) is 0.991. The molecule has 0 aromatic heterocycles. The second kappa shape index (κ2) is 5.21. The summed E-state index contributed by atoms with van der Waals surface area (Å²) in [6, 6.07) is -0.0145. The second-order valence-corrected chi connectivity index (χ2v) is 4.87. The van der Waals surface area contributed by atoms with Gasteiger partial charge in [-0.25, -0.2) is 4.79 Å². The number of hydrogen-bond acceptors (Lipinski definition) is 2. The Morgan fingerprint density at radius 1 is 1.62 bits per heavy atom. The Bertz CT molecular complexity index is 208. The number of carbonyl (C=O) groups is 1. The van der Waals surface area contributed by atoms with Crippen molar-refractivity contribution in [3.8, 4) is 0 Å². The first-order valence-corrected chi connectivity index (χ1v) is 6.10. The van der Waals surface area contributed by atoms with Crippen LogP contribution in [0.15, 0.2) is 0 Å². The van der Waals surface area contributed by atoms with E-state index < -0.39 is 10.8 Å². The Labute approximate surface area is 81.1 Å². The standard InChI is InChI=1S/C8H16N2O2S/c1-2-13(12)7-6-10-5-3-4-9-8(10)11/h2-7H2,1H3,(H,9,11). The van der Waals surface area contributed by atoms with Gasteiger partial charge in [0.1, 0.15) is 0 Å². The molecule has 0 aliphatic carbocycles. The molecule has 1 unspecified atom stereocenters. The van der Waals surface area contributed by atoms with Crippen molar-refractivity contribution in [2.24, 2.45) is 0 Å². The van der Waals surface area contributed by atoms with Gasteiger partial charge in [-0.05, 0) is 6.42 Å². The lowest BCUT2D eigenvalue weighted by Crippen LogP contribution is -2.47. The molecule has 1 heterocycles. The fraction of sp³-hybridized carbons (Fsp3) is 0.875. The number of hydrogen-bond donors (Lipinski definition) is 1. The zero-order valence-corrected chi connectivity index (χ0v) is 8.73. The average Bonchev–Trinajstić information content (AvgIpc) is 2.16. The monoisotopic (exact) mass is 204 g/mol. The van der Waals surface area contributed by atoms with Crippen LogP contribution in [0.25, 0.3) is 0 Å². The Balaban J connectivity index is 2.26. The molecular weight excluding hydrogens is 188 g/mol. The molecule has 0 saturated carbocycles. The molecule has 1 N–H and O–H groups in total. The third-order valence-electron chi connectivity index (χ3n) is 2.08. The lowest BCUT2D eigenvalue weighted by atomic mass is 10.3. The van der Waals surface area contributed by atoms with E-state index in [-0.39, 0.29) is 6.03 Å². The zero-order valence-electron chi connectivity index (χ0n) is 7.91. The average molecular weight is 204 g/mol. The topological polar surface area (TPSA) is 49.4 Å². The first-order valence-electron chi connectivity index (χ1n) is 4.61. The highest BCUT2D eigenvalue weighted by Gasteiger charge is 2.16. The Morgan fingerprint density at radius 3 is 3.00 bits per heavy atom. The van der Waals surface area contributed by atoms with Crippen molar-refractivity contribution in [2.75, 3.05) is 31.1 Å². The molecule has 1 atom stereocenters. The van der Waals surface area contributed by atoms with Crippen LogP contribution in [-0.4, -0.2) is 46.3 Å². The van der Waals surface area contributed by atoms with E-state index in [1.54, 1.807) is 4.90 Å². The molecule has 0 aromatic carbocycles. The van der Waals surface area contributed by atoms with Crippen LogP contribution in [0.1, 0.15) is 13.3 Å². The van der Waals surface area contributed by atoms with Gasteiger partial charge in [-0.3, -0.25) is 4.21 Å². The van der Waals surface area contributed by atoms with Gasteiger partial charge in [0.25, 0.3) is 0 Å². The number of rotatable bonds is 4. The van der Waals surface area contributed by atoms with Crippen LogP contribution < -0.4 is 5.32 Å². The number of nitrogens with one attached hydrogen (secondary N) is 1. The maximum Gasteiger partial charge on any atom is 0.317 e. The van der Waals surface area contributed by atoms with Crippen molar-refractivity contribution in [3.63, 3.8) is 0 Å². The summed E-state index contributed by atoms with van der Waals surface area (Å²) < 4.78 is 11.1. The van der Waals surface area contributed by atoms with Crippen LogP contribution in [0, 0.1) is 0 Å². The molecule has 76 valence electrons. The van der Waals surface area contributed by atoms with E-state index in [0.717, 1.165) is 19.5 Å². The molecule has 1 aliphatic heterocycles.